The second kappa shape index (κ2) is 30.4. The molecule has 54 heavy (non-hydrogen) atoms. The van der Waals surface area contributed by atoms with Gasteiger partial charge in [0.05, 0.1) is 32.0 Å². The van der Waals surface area contributed by atoms with Crippen molar-refractivity contribution in [3.63, 3.8) is 0 Å². The topological polar surface area (TPSA) is 208 Å². The fourth-order valence-corrected chi connectivity index (χ4v) is 6.37. The first-order chi connectivity index (χ1) is 25.7. The lowest BCUT2D eigenvalue weighted by molar-refractivity contribution is -0.161. The summed E-state index contributed by atoms with van der Waals surface area (Å²) in [4.78, 5) is 52.4. The number of allylic oxidation sites excluding steroid dienone is 4. The SMILES string of the molecule is CCCCC/C=C\CC1OC1C/C=C\C/C=C\CCCC(=O)O[C@H](COC(=O)CCCCCCCCC(C)C)COP(=O)(O)OC[C@@H](O)COP(=O)(O)O. The largest absolute Gasteiger partial charge is 0.472 e. The van der Waals surface area contributed by atoms with Crippen LogP contribution in [0.5, 0.6) is 0 Å². The number of carbonyl (C=O) groups is 2. The maximum Gasteiger partial charge on any atom is 0.472 e. The van der Waals surface area contributed by atoms with E-state index in [-0.39, 0.29) is 12.8 Å². The van der Waals surface area contributed by atoms with Crippen molar-refractivity contribution in [2.45, 2.75) is 161 Å². The van der Waals surface area contributed by atoms with Crippen molar-refractivity contribution in [1.29, 1.82) is 0 Å². The third-order valence-electron chi connectivity index (χ3n) is 8.35. The molecule has 0 amide bonds. The molecule has 0 saturated carbocycles. The Labute approximate surface area is 322 Å². The number of aliphatic hydroxyl groups is 1. The molecule has 0 bridgehead atoms. The minimum Gasteiger partial charge on any atom is -0.462 e. The molecule has 1 rings (SSSR count). The number of phosphoric ester groups is 2. The maximum atomic E-state index is 12.6. The molecule has 314 valence electrons. The molecule has 1 saturated heterocycles. The highest BCUT2D eigenvalue weighted by molar-refractivity contribution is 7.47. The molecule has 0 radical (unpaired) electrons. The van der Waals surface area contributed by atoms with Crippen LogP contribution in [0.15, 0.2) is 36.5 Å². The molecule has 14 nitrogen and oxygen atoms in total. The molecule has 0 aromatic carbocycles. The lowest BCUT2D eigenvalue weighted by atomic mass is 10.0. The van der Waals surface area contributed by atoms with Gasteiger partial charge >= 0.3 is 27.6 Å². The van der Waals surface area contributed by atoms with Gasteiger partial charge in [-0.3, -0.25) is 23.2 Å². The van der Waals surface area contributed by atoms with Gasteiger partial charge in [-0.05, 0) is 57.3 Å². The Morgan fingerprint density at radius 3 is 1.94 bits per heavy atom. The third kappa shape index (κ3) is 31.5. The number of esters is 2. The summed E-state index contributed by atoms with van der Waals surface area (Å²) in [6.07, 6.45) is 26.5. The van der Waals surface area contributed by atoms with Crippen LogP contribution in [0.1, 0.15) is 136 Å². The highest BCUT2D eigenvalue weighted by Gasteiger charge is 2.36. The Kier molecular flexibility index (Phi) is 28.4. The predicted octanol–water partition coefficient (Wildman–Crippen LogP) is 8.18. The van der Waals surface area contributed by atoms with Gasteiger partial charge in [-0.1, -0.05) is 109 Å². The molecule has 3 unspecified atom stereocenters. The lowest BCUT2D eigenvalue weighted by Gasteiger charge is -2.20. The molecule has 1 heterocycles. The number of hydrogen-bond acceptors (Lipinski definition) is 11. The highest BCUT2D eigenvalue weighted by atomic mass is 31.2. The van der Waals surface area contributed by atoms with E-state index in [9.17, 15) is 28.7 Å². The third-order valence-corrected chi connectivity index (χ3v) is 9.79. The van der Waals surface area contributed by atoms with Crippen molar-refractivity contribution in [1.82, 2.24) is 0 Å². The van der Waals surface area contributed by atoms with E-state index in [0.29, 0.717) is 37.4 Å². The summed E-state index contributed by atoms with van der Waals surface area (Å²) in [5, 5.41) is 9.71. The number of hydrogen-bond donors (Lipinski definition) is 4. The standard InChI is InChI=1S/C38H68O14P2/c1-4-5-6-7-14-19-24-35-36(52-35)25-20-15-9-8-10-17-22-27-38(41)51-34(30-47-37(40)26-21-16-12-11-13-18-23-32(2)3)31-50-54(45,46)49-29-33(39)28-48-53(42,43)44/h8,10,14-15,19-20,32-36,39H,4-7,9,11-13,16-18,21-31H2,1-3H3,(H,45,46)(H2,42,43,44)/b10-8-,19-14-,20-15-/t33-,34+,35?,36?/m0/s1. The van der Waals surface area contributed by atoms with Crippen LogP contribution in [0.2, 0.25) is 0 Å². The number of unbranched alkanes of at least 4 members (excludes halogenated alkanes) is 9. The summed E-state index contributed by atoms with van der Waals surface area (Å²) < 4.78 is 53.2. The summed E-state index contributed by atoms with van der Waals surface area (Å²) in [5.41, 5.74) is 0. The van der Waals surface area contributed by atoms with Gasteiger partial charge in [0.15, 0.2) is 6.10 Å². The molecule has 0 aromatic rings. The van der Waals surface area contributed by atoms with Gasteiger partial charge < -0.3 is 34.0 Å². The Hall–Kier alpha value is -1.70. The average molecular weight is 811 g/mol. The zero-order valence-corrected chi connectivity index (χ0v) is 34.5. The van der Waals surface area contributed by atoms with Crippen molar-refractivity contribution in [2.24, 2.45) is 5.92 Å². The fourth-order valence-electron chi connectivity index (χ4n) is 5.21. The molecule has 4 N–H and O–H groups in total. The number of carbonyl (C=O) groups excluding carboxylic acids is 2. The van der Waals surface area contributed by atoms with Gasteiger partial charge in [0.25, 0.3) is 0 Å². The van der Waals surface area contributed by atoms with Crippen LogP contribution in [0.25, 0.3) is 0 Å². The van der Waals surface area contributed by atoms with E-state index in [1.165, 1.54) is 32.1 Å². The van der Waals surface area contributed by atoms with Crippen LogP contribution in [0.3, 0.4) is 0 Å². The molecule has 1 aliphatic heterocycles. The van der Waals surface area contributed by atoms with E-state index >= 15 is 0 Å². The van der Waals surface area contributed by atoms with Crippen molar-refractivity contribution in [3.05, 3.63) is 36.5 Å². The highest BCUT2D eigenvalue weighted by Crippen LogP contribution is 2.43. The Balaban J connectivity index is 2.43. The minimum atomic E-state index is -4.87. The van der Waals surface area contributed by atoms with Gasteiger partial charge in [0, 0.05) is 12.8 Å². The molecule has 0 aromatic heterocycles. The van der Waals surface area contributed by atoms with Crippen molar-refractivity contribution in [2.75, 3.05) is 26.4 Å². The quantitative estimate of drug-likeness (QED) is 0.0157. The van der Waals surface area contributed by atoms with E-state index in [2.05, 4.69) is 54.1 Å². The van der Waals surface area contributed by atoms with E-state index < -0.39 is 66.2 Å². The Morgan fingerprint density at radius 1 is 0.685 bits per heavy atom. The van der Waals surface area contributed by atoms with Gasteiger partial charge in [-0.2, -0.15) is 0 Å². The molecule has 1 fully saturated rings. The Bertz CT molecular complexity index is 1180. The Morgan fingerprint density at radius 2 is 1.26 bits per heavy atom. The molecule has 0 aliphatic carbocycles. The van der Waals surface area contributed by atoms with Gasteiger partial charge in [0.2, 0.25) is 0 Å². The summed E-state index contributed by atoms with van der Waals surface area (Å²) in [6.45, 7) is 3.84. The average Bonchev–Trinajstić information content (AvgIpc) is 3.86. The first-order valence-electron chi connectivity index (χ1n) is 19.7. The molecule has 5 atom stereocenters. The van der Waals surface area contributed by atoms with E-state index in [1.807, 2.05) is 12.2 Å². The first-order valence-corrected chi connectivity index (χ1v) is 22.7. The van der Waals surface area contributed by atoms with Crippen molar-refractivity contribution in [3.8, 4) is 0 Å². The van der Waals surface area contributed by atoms with Crippen LogP contribution in [-0.4, -0.2) is 82.6 Å². The molecule has 0 spiro atoms. The van der Waals surface area contributed by atoms with E-state index in [0.717, 1.165) is 51.4 Å². The smallest absolute Gasteiger partial charge is 0.462 e. The van der Waals surface area contributed by atoms with Crippen molar-refractivity contribution >= 4 is 27.6 Å². The summed E-state index contributed by atoms with van der Waals surface area (Å²) in [6, 6.07) is 0. The van der Waals surface area contributed by atoms with Gasteiger partial charge in [-0.15, -0.1) is 0 Å². The van der Waals surface area contributed by atoms with Crippen LogP contribution >= 0.6 is 15.6 Å². The predicted molar refractivity (Wildman–Crippen MR) is 206 cm³/mol. The molecular weight excluding hydrogens is 742 g/mol. The molecule has 1 aliphatic rings. The van der Waals surface area contributed by atoms with Gasteiger partial charge in [0.1, 0.15) is 12.7 Å². The maximum absolute atomic E-state index is 12.6. The van der Waals surface area contributed by atoms with E-state index in [1.54, 1.807) is 0 Å². The monoisotopic (exact) mass is 810 g/mol. The zero-order valence-electron chi connectivity index (χ0n) is 32.7. The van der Waals surface area contributed by atoms with Crippen LogP contribution in [-0.2, 0) is 46.5 Å². The number of rotatable bonds is 35. The van der Waals surface area contributed by atoms with Crippen LogP contribution in [0.4, 0.5) is 0 Å². The number of ether oxygens (including phenoxy) is 3. The van der Waals surface area contributed by atoms with Crippen LogP contribution in [0, 0.1) is 5.92 Å². The minimum absolute atomic E-state index is 0.0499. The number of epoxide rings is 1. The second-order valence-electron chi connectivity index (χ2n) is 14.1. The number of phosphoric acid groups is 2. The summed E-state index contributed by atoms with van der Waals surface area (Å²) in [5.74, 6) is -0.416. The fraction of sp³-hybridized carbons (Fsp3) is 0.789. The zero-order chi connectivity index (χ0) is 40.1. The molecular formula is C38H68O14P2. The number of aliphatic hydroxyl groups excluding tert-OH is 1. The normalized spacial score (nSPS) is 18.4. The van der Waals surface area contributed by atoms with Crippen LogP contribution < -0.4 is 0 Å². The summed E-state index contributed by atoms with van der Waals surface area (Å²) in [7, 11) is -9.68. The first kappa shape index (κ1) is 50.3. The second-order valence-corrected chi connectivity index (χ2v) is 16.8. The lowest BCUT2D eigenvalue weighted by Crippen LogP contribution is -2.29. The van der Waals surface area contributed by atoms with Gasteiger partial charge in [-0.25, -0.2) is 9.13 Å². The molecule has 16 heteroatoms. The van der Waals surface area contributed by atoms with Crippen molar-refractivity contribution < 1.29 is 66.3 Å². The summed E-state index contributed by atoms with van der Waals surface area (Å²) >= 11 is 0. The van der Waals surface area contributed by atoms with E-state index in [4.69, 9.17) is 28.5 Å².